The normalized spacial score (nSPS) is 33.6. The van der Waals surface area contributed by atoms with Gasteiger partial charge in [0.05, 0.1) is 5.60 Å². The third-order valence-electron chi connectivity index (χ3n) is 10.9. The molecule has 43 heavy (non-hydrogen) atoms. The highest BCUT2D eigenvalue weighted by atomic mass is 16.3. The van der Waals surface area contributed by atoms with Gasteiger partial charge in [0.1, 0.15) is 17.4 Å². The van der Waals surface area contributed by atoms with Gasteiger partial charge in [-0.15, -0.1) is 0 Å². The topological polar surface area (TPSA) is 145 Å². The second-order valence-corrected chi connectivity index (χ2v) is 13.7. The number of phenols is 1. The third kappa shape index (κ3) is 4.64. The number of phenolic OH excluding ortho intramolecular Hbond substituents is 1. The number of likely N-dealkylation sites (tertiary alicyclic amines) is 1. The maximum Gasteiger partial charge on any atom is 0.257 e. The van der Waals surface area contributed by atoms with E-state index in [1.54, 1.807) is 18.2 Å². The maximum absolute atomic E-state index is 13.4. The zero-order valence-electron chi connectivity index (χ0n) is 24.5. The molecule has 3 unspecified atom stereocenters. The third-order valence-corrected chi connectivity index (χ3v) is 10.9. The number of fused-ring (bicyclic) bond motifs is 4. The average Bonchev–Trinajstić information content (AvgIpc) is 3.75. The van der Waals surface area contributed by atoms with Crippen LogP contribution in [0.1, 0.15) is 48.8 Å². The molecule has 0 aromatic heterocycles. The Hall–Kier alpha value is -3.69. The van der Waals surface area contributed by atoms with Crippen LogP contribution in [-0.2, 0) is 26.2 Å². The largest absolute Gasteiger partial charge is 0.508 e. The Labute approximate surface area is 251 Å². The van der Waals surface area contributed by atoms with Crippen molar-refractivity contribution in [2.75, 3.05) is 13.1 Å². The number of nitrogens with zero attached hydrogens (tertiary/aromatic N) is 1. The molecule has 2 aromatic carbocycles. The monoisotopic (exact) mass is 584 g/mol. The first kappa shape index (κ1) is 28.1. The molecule has 0 spiro atoms. The highest BCUT2D eigenvalue weighted by Gasteiger charge is 2.72. The highest BCUT2D eigenvalue weighted by Crippen LogP contribution is 2.65. The quantitative estimate of drug-likeness (QED) is 0.300. The van der Waals surface area contributed by atoms with E-state index >= 15 is 0 Å². The lowest BCUT2D eigenvalue weighted by molar-refractivity contribution is -0.145. The van der Waals surface area contributed by atoms with Crippen LogP contribution < -0.4 is 16.4 Å². The van der Waals surface area contributed by atoms with Crippen molar-refractivity contribution < 1.29 is 24.6 Å². The molecule has 7 atom stereocenters. The number of aryl methyl sites for hydroxylation is 1. The fourth-order valence-electron chi connectivity index (χ4n) is 8.81. The number of carbonyl (C=O) groups is 3. The Balaban J connectivity index is 1.20. The van der Waals surface area contributed by atoms with Crippen molar-refractivity contribution in [2.45, 2.75) is 74.6 Å². The lowest BCUT2D eigenvalue weighted by atomic mass is 9.55. The summed E-state index contributed by atoms with van der Waals surface area (Å²) in [5.74, 6) is -0.906. The van der Waals surface area contributed by atoms with Crippen LogP contribution in [-0.4, -0.2) is 69.7 Å². The van der Waals surface area contributed by atoms with Crippen molar-refractivity contribution in [2.24, 2.45) is 23.5 Å². The standard InChI is InChI=1S/C34H40N4O5/c1-19-7-10-24(39)13-26(19)33-14-23-18-38(17-21-8-9-21)29(23)34(33,43)15-22-12-25(32(42)37-28(22)16-33)31(41)36-27(30(35)40)11-20-5-3-2-4-6-20/h2-7,10,12-13,21-23,27-29,39,43H,8-9,11,14-18H2,1H3,(H2,35,40)(H,36,41)(H,37,42)/t22?,23-,27-,28?,29+,33+,34?/m0/s1. The predicted molar refractivity (Wildman–Crippen MR) is 160 cm³/mol. The number of aromatic hydroxyl groups is 1. The number of hydrogen-bond donors (Lipinski definition) is 5. The van der Waals surface area contributed by atoms with E-state index in [2.05, 4.69) is 15.5 Å². The number of primary amides is 1. The van der Waals surface area contributed by atoms with Crippen molar-refractivity contribution in [3.63, 3.8) is 0 Å². The van der Waals surface area contributed by atoms with Crippen molar-refractivity contribution in [1.82, 2.24) is 15.5 Å². The van der Waals surface area contributed by atoms with E-state index in [1.165, 1.54) is 12.8 Å². The highest BCUT2D eigenvalue weighted by molar-refractivity contribution is 6.19. The van der Waals surface area contributed by atoms with Gasteiger partial charge in [0.25, 0.3) is 11.8 Å². The molecule has 2 aromatic rings. The summed E-state index contributed by atoms with van der Waals surface area (Å²) < 4.78 is 0. The molecule has 9 heteroatoms. The maximum atomic E-state index is 13.4. The minimum Gasteiger partial charge on any atom is -0.508 e. The van der Waals surface area contributed by atoms with Crippen molar-refractivity contribution in [3.8, 4) is 5.75 Å². The number of benzene rings is 2. The lowest BCUT2D eigenvalue weighted by Crippen LogP contribution is -2.70. The van der Waals surface area contributed by atoms with Crippen LogP contribution in [0.5, 0.6) is 5.75 Å². The first-order valence-corrected chi connectivity index (χ1v) is 15.5. The fraction of sp³-hybridized carbons (Fsp3) is 0.500. The van der Waals surface area contributed by atoms with Gasteiger partial charge in [0.15, 0.2) is 0 Å². The second kappa shape index (κ2) is 10.2. The average molecular weight is 585 g/mol. The molecule has 3 amide bonds. The molecule has 9 nitrogen and oxygen atoms in total. The summed E-state index contributed by atoms with van der Waals surface area (Å²) in [4.78, 5) is 41.5. The number of hydrogen-bond acceptors (Lipinski definition) is 6. The summed E-state index contributed by atoms with van der Waals surface area (Å²) in [7, 11) is 0. The molecular weight excluding hydrogens is 544 g/mol. The van der Waals surface area contributed by atoms with E-state index in [9.17, 15) is 24.6 Å². The molecule has 2 heterocycles. The Morgan fingerprint density at radius 2 is 1.91 bits per heavy atom. The summed E-state index contributed by atoms with van der Waals surface area (Å²) in [5, 5.41) is 29.2. The van der Waals surface area contributed by atoms with E-state index in [4.69, 9.17) is 5.73 Å². The van der Waals surface area contributed by atoms with Crippen LogP contribution in [0.2, 0.25) is 0 Å². The van der Waals surface area contributed by atoms with E-state index in [1.807, 2.05) is 43.3 Å². The van der Waals surface area contributed by atoms with Gasteiger partial charge in [-0.05, 0) is 79.7 Å². The number of amides is 3. The van der Waals surface area contributed by atoms with Gasteiger partial charge in [-0.3, -0.25) is 19.3 Å². The molecule has 6 N–H and O–H groups in total. The smallest absolute Gasteiger partial charge is 0.257 e. The van der Waals surface area contributed by atoms with Gasteiger partial charge in [-0.25, -0.2) is 0 Å². The van der Waals surface area contributed by atoms with Crippen LogP contribution in [0.3, 0.4) is 0 Å². The molecule has 0 bridgehead atoms. The van der Waals surface area contributed by atoms with E-state index in [0.717, 1.165) is 36.2 Å². The summed E-state index contributed by atoms with van der Waals surface area (Å²) in [6.45, 7) is 3.96. The molecule has 7 rings (SSSR count). The molecule has 2 aliphatic heterocycles. The SMILES string of the molecule is Cc1ccc(O)cc1[C@@]12CC3NC(=O)C(C(=O)N[C@@H](Cc4ccccc4)C(N)=O)=CC3CC1(O)[C@H]1[C@H](CN1CC1CC1)C2. The van der Waals surface area contributed by atoms with Crippen LogP contribution in [0.15, 0.2) is 60.2 Å². The van der Waals surface area contributed by atoms with Crippen LogP contribution >= 0.6 is 0 Å². The molecule has 3 aliphatic carbocycles. The van der Waals surface area contributed by atoms with Gasteiger partial charge < -0.3 is 26.6 Å². The zero-order valence-corrected chi connectivity index (χ0v) is 24.5. The fourth-order valence-corrected chi connectivity index (χ4v) is 8.81. The molecule has 0 radical (unpaired) electrons. The van der Waals surface area contributed by atoms with E-state index in [-0.39, 0.29) is 35.7 Å². The lowest BCUT2D eigenvalue weighted by Gasteiger charge is -2.58. The van der Waals surface area contributed by atoms with Crippen molar-refractivity contribution in [1.29, 1.82) is 0 Å². The van der Waals surface area contributed by atoms with Gasteiger partial charge in [-0.2, -0.15) is 0 Å². The summed E-state index contributed by atoms with van der Waals surface area (Å²) in [6.07, 6.45) is 6.07. The molecule has 1 saturated heterocycles. The number of nitrogens with one attached hydrogen (secondary N) is 2. The number of nitrogens with two attached hydrogens (primary N) is 1. The molecular formula is C34H40N4O5. The van der Waals surface area contributed by atoms with Crippen LogP contribution in [0, 0.1) is 24.7 Å². The Morgan fingerprint density at radius 1 is 1.14 bits per heavy atom. The van der Waals surface area contributed by atoms with Crippen molar-refractivity contribution in [3.05, 3.63) is 76.9 Å². The second-order valence-electron chi connectivity index (χ2n) is 13.7. The van der Waals surface area contributed by atoms with Crippen LogP contribution in [0.25, 0.3) is 0 Å². The number of rotatable bonds is 8. The number of carbonyl (C=O) groups excluding carboxylic acids is 3. The predicted octanol–water partition coefficient (Wildman–Crippen LogP) is 1.83. The summed E-state index contributed by atoms with van der Waals surface area (Å²) in [6, 6.07) is 13.4. The van der Waals surface area contributed by atoms with Gasteiger partial charge in [0.2, 0.25) is 5.91 Å². The summed E-state index contributed by atoms with van der Waals surface area (Å²) >= 11 is 0. The van der Waals surface area contributed by atoms with Gasteiger partial charge in [0, 0.05) is 42.9 Å². The minimum absolute atomic E-state index is 0.00998. The first-order valence-electron chi connectivity index (χ1n) is 15.5. The van der Waals surface area contributed by atoms with Crippen LogP contribution in [0.4, 0.5) is 0 Å². The molecule has 4 fully saturated rings. The molecule has 3 saturated carbocycles. The Kier molecular flexibility index (Phi) is 6.67. The number of aliphatic hydroxyl groups is 1. The van der Waals surface area contributed by atoms with E-state index in [0.29, 0.717) is 24.7 Å². The zero-order chi connectivity index (χ0) is 30.1. The molecule has 226 valence electrons. The van der Waals surface area contributed by atoms with Gasteiger partial charge in [-0.1, -0.05) is 42.5 Å². The Morgan fingerprint density at radius 3 is 2.63 bits per heavy atom. The summed E-state index contributed by atoms with van der Waals surface area (Å²) in [5.41, 5.74) is 6.63. The van der Waals surface area contributed by atoms with Crippen molar-refractivity contribution >= 4 is 17.7 Å². The minimum atomic E-state index is -1.10. The van der Waals surface area contributed by atoms with E-state index < -0.39 is 34.8 Å². The molecule has 5 aliphatic rings. The first-order chi connectivity index (χ1) is 20.6. The Bertz CT molecular complexity index is 1510. The van der Waals surface area contributed by atoms with Gasteiger partial charge >= 0.3 is 0 Å².